The Kier molecular flexibility index (Phi) is 7.87. The molecule has 0 aromatic heterocycles. The predicted molar refractivity (Wildman–Crippen MR) is 122 cm³/mol. The molecule has 0 radical (unpaired) electrons. The molecule has 1 N–H and O–H groups in total. The van der Waals surface area contributed by atoms with Gasteiger partial charge in [-0.3, -0.25) is 9.59 Å². The number of ether oxygens (including phenoxy) is 1. The van der Waals surface area contributed by atoms with E-state index in [0.29, 0.717) is 30.8 Å². The summed E-state index contributed by atoms with van der Waals surface area (Å²) in [4.78, 5) is 27.5. The number of anilines is 1. The van der Waals surface area contributed by atoms with Gasteiger partial charge in [-0.1, -0.05) is 30.7 Å². The van der Waals surface area contributed by atoms with Crippen LogP contribution in [0.5, 0.6) is 5.75 Å². The molecule has 1 unspecified atom stereocenters. The summed E-state index contributed by atoms with van der Waals surface area (Å²) in [5, 5.41) is 2.76. The first kappa shape index (κ1) is 23.7. The summed E-state index contributed by atoms with van der Waals surface area (Å²) in [5.74, 6) is -0.107. The zero-order valence-corrected chi connectivity index (χ0v) is 19.2. The lowest BCUT2D eigenvalue weighted by Gasteiger charge is -2.36. The van der Waals surface area contributed by atoms with Crippen LogP contribution in [-0.2, 0) is 19.6 Å². The lowest BCUT2D eigenvalue weighted by atomic mass is 10.0. The molecule has 0 bridgehead atoms. The third-order valence-corrected chi connectivity index (χ3v) is 7.39. The number of likely N-dealkylation sites (N-methyl/N-ethyl adjacent to an activating group) is 1. The fraction of sp³-hybridized carbons (Fsp3) is 0.391. The Morgan fingerprint density at radius 3 is 2.56 bits per heavy atom. The average molecular weight is 460 g/mol. The molecule has 3 rings (SSSR count). The Hall–Kier alpha value is -2.91. The van der Waals surface area contributed by atoms with E-state index < -0.39 is 16.1 Å². The van der Waals surface area contributed by atoms with Crippen LogP contribution in [0.25, 0.3) is 0 Å². The molecular weight excluding hydrogens is 430 g/mol. The van der Waals surface area contributed by atoms with Crippen molar-refractivity contribution in [3.8, 4) is 5.75 Å². The maximum atomic E-state index is 13.3. The predicted octanol–water partition coefficient (Wildman–Crippen LogP) is 2.73. The van der Waals surface area contributed by atoms with Gasteiger partial charge in [0.25, 0.3) is 0 Å². The van der Waals surface area contributed by atoms with E-state index in [4.69, 9.17) is 4.74 Å². The van der Waals surface area contributed by atoms with E-state index in [2.05, 4.69) is 5.32 Å². The molecule has 0 aliphatic carbocycles. The topological polar surface area (TPSA) is 96.0 Å². The molecule has 2 aromatic rings. The number of carbonyl (C=O) groups excluding carboxylic acids is 2. The SMILES string of the molecule is CCN(CC(=O)Nc1cccc(OC)c1)C(=O)C1CCCCN1S(=O)(=O)c1ccccc1. The fourth-order valence-electron chi connectivity index (χ4n) is 3.80. The first-order valence-corrected chi connectivity index (χ1v) is 12.1. The van der Waals surface area contributed by atoms with Crippen LogP contribution in [0.4, 0.5) is 5.69 Å². The summed E-state index contributed by atoms with van der Waals surface area (Å²) in [7, 11) is -2.27. The van der Waals surface area contributed by atoms with Gasteiger partial charge < -0.3 is 15.0 Å². The number of nitrogens with zero attached hydrogens (tertiary/aromatic N) is 2. The van der Waals surface area contributed by atoms with Gasteiger partial charge in [-0.25, -0.2) is 8.42 Å². The molecule has 2 aromatic carbocycles. The number of hydrogen-bond donors (Lipinski definition) is 1. The van der Waals surface area contributed by atoms with Crippen LogP contribution in [0.2, 0.25) is 0 Å². The van der Waals surface area contributed by atoms with Crippen LogP contribution in [0.1, 0.15) is 26.2 Å². The van der Waals surface area contributed by atoms with Crippen LogP contribution in [0, 0.1) is 0 Å². The van der Waals surface area contributed by atoms with Crippen LogP contribution >= 0.6 is 0 Å². The van der Waals surface area contributed by atoms with Crippen molar-refractivity contribution in [3.05, 3.63) is 54.6 Å². The number of sulfonamides is 1. The Bertz CT molecular complexity index is 1040. The molecule has 1 fully saturated rings. The van der Waals surface area contributed by atoms with Crippen LogP contribution < -0.4 is 10.1 Å². The maximum Gasteiger partial charge on any atom is 0.243 e. The highest BCUT2D eigenvalue weighted by atomic mass is 32.2. The number of methoxy groups -OCH3 is 1. The third kappa shape index (κ3) is 5.46. The number of rotatable bonds is 8. The molecule has 1 heterocycles. The summed E-state index contributed by atoms with van der Waals surface area (Å²) in [6.07, 6.45) is 1.88. The van der Waals surface area contributed by atoms with E-state index in [-0.39, 0.29) is 29.8 Å². The second-order valence-electron chi connectivity index (χ2n) is 7.57. The standard InChI is InChI=1S/C23H29N3O5S/c1-3-25(17-22(27)24-18-10-9-11-19(16-18)31-2)23(28)21-14-7-8-15-26(21)32(29,30)20-12-5-4-6-13-20/h4-6,9-13,16,21H,3,7-8,14-15,17H2,1-2H3,(H,24,27). The van der Waals surface area contributed by atoms with E-state index in [1.54, 1.807) is 49.4 Å². The van der Waals surface area contributed by atoms with E-state index in [9.17, 15) is 18.0 Å². The normalized spacial score (nSPS) is 16.9. The Morgan fingerprint density at radius 1 is 1.12 bits per heavy atom. The first-order valence-electron chi connectivity index (χ1n) is 10.7. The van der Waals surface area contributed by atoms with Gasteiger partial charge in [-0.15, -0.1) is 0 Å². The molecule has 1 saturated heterocycles. The Morgan fingerprint density at radius 2 is 1.88 bits per heavy atom. The van der Waals surface area contributed by atoms with Crippen LogP contribution in [0.3, 0.4) is 0 Å². The molecule has 172 valence electrons. The minimum atomic E-state index is -3.81. The fourth-order valence-corrected chi connectivity index (χ4v) is 5.47. The molecule has 9 heteroatoms. The summed E-state index contributed by atoms with van der Waals surface area (Å²) < 4.78 is 32.8. The summed E-state index contributed by atoms with van der Waals surface area (Å²) >= 11 is 0. The van der Waals surface area contributed by atoms with Crippen molar-refractivity contribution < 1.29 is 22.7 Å². The Balaban J connectivity index is 1.74. The molecule has 0 spiro atoms. The van der Waals surface area contributed by atoms with Crippen molar-refractivity contribution in [2.45, 2.75) is 37.1 Å². The molecule has 1 aliphatic heterocycles. The minimum absolute atomic E-state index is 0.164. The van der Waals surface area contributed by atoms with Crippen molar-refractivity contribution in [1.29, 1.82) is 0 Å². The van der Waals surface area contributed by atoms with Crippen molar-refractivity contribution in [1.82, 2.24) is 9.21 Å². The number of amides is 2. The molecule has 2 amide bonds. The van der Waals surface area contributed by atoms with Gasteiger partial charge in [0.05, 0.1) is 18.6 Å². The van der Waals surface area contributed by atoms with Gasteiger partial charge in [0.1, 0.15) is 11.8 Å². The van der Waals surface area contributed by atoms with E-state index in [1.807, 2.05) is 0 Å². The van der Waals surface area contributed by atoms with Gasteiger partial charge in [0, 0.05) is 24.8 Å². The van der Waals surface area contributed by atoms with Crippen LogP contribution in [0.15, 0.2) is 59.5 Å². The number of benzene rings is 2. The van der Waals surface area contributed by atoms with Gasteiger partial charge in [-0.05, 0) is 44.0 Å². The summed E-state index contributed by atoms with van der Waals surface area (Å²) in [6.45, 7) is 2.18. The highest BCUT2D eigenvalue weighted by Gasteiger charge is 2.39. The van der Waals surface area contributed by atoms with E-state index in [0.717, 1.165) is 6.42 Å². The highest BCUT2D eigenvalue weighted by Crippen LogP contribution is 2.26. The van der Waals surface area contributed by atoms with Crippen molar-refractivity contribution in [3.63, 3.8) is 0 Å². The lowest BCUT2D eigenvalue weighted by Crippen LogP contribution is -2.54. The monoisotopic (exact) mass is 459 g/mol. The average Bonchev–Trinajstić information content (AvgIpc) is 2.82. The van der Waals surface area contributed by atoms with Crippen LogP contribution in [-0.4, -0.2) is 62.2 Å². The van der Waals surface area contributed by atoms with Gasteiger partial charge in [0.15, 0.2) is 0 Å². The largest absolute Gasteiger partial charge is 0.497 e. The van der Waals surface area contributed by atoms with E-state index >= 15 is 0 Å². The van der Waals surface area contributed by atoms with Crippen molar-refractivity contribution in [2.24, 2.45) is 0 Å². The molecule has 1 aliphatic rings. The number of carbonyl (C=O) groups is 2. The number of piperidine rings is 1. The number of hydrogen-bond acceptors (Lipinski definition) is 5. The highest BCUT2D eigenvalue weighted by molar-refractivity contribution is 7.89. The van der Waals surface area contributed by atoms with Crippen molar-refractivity contribution in [2.75, 3.05) is 32.1 Å². The molecule has 0 saturated carbocycles. The zero-order valence-electron chi connectivity index (χ0n) is 18.4. The van der Waals surface area contributed by atoms with Gasteiger partial charge >= 0.3 is 0 Å². The Labute approximate surface area is 189 Å². The zero-order chi connectivity index (χ0) is 23.1. The minimum Gasteiger partial charge on any atom is -0.497 e. The maximum absolute atomic E-state index is 13.3. The molecule has 32 heavy (non-hydrogen) atoms. The molecular formula is C23H29N3O5S. The van der Waals surface area contributed by atoms with Gasteiger partial charge in [-0.2, -0.15) is 4.31 Å². The third-order valence-electron chi connectivity index (χ3n) is 5.47. The molecule has 1 atom stereocenters. The van der Waals surface area contributed by atoms with E-state index in [1.165, 1.54) is 28.4 Å². The second kappa shape index (κ2) is 10.6. The lowest BCUT2D eigenvalue weighted by molar-refractivity contribution is -0.138. The smallest absolute Gasteiger partial charge is 0.243 e. The van der Waals surface area contributed by atoms with Gasteiger partial charge in [0.2, 0.25) is 21.8 Å². The summed E-state index contributed by atoms with van der Waals surface area (Å²) in [6, 6.07) is 14.3. The second-order valence-corrected chi connectivity index (χ2v) is 9.46. The quantitative estimate of drug-likeness (QED) is 0.655. The van der Waals surface area contributed by atoms with Crippen molar-refractivity contribution >= 4 is 27.5 Å². The summed E-state index contributed by atoms with van der Waals surface area (Å²) in [5.41, 5.74) is 0.559. The number of nitrogens with one attached hydrogen (secondary N) is 1. The molecule has 8 nitrogen and oxygen atoms in total. The first-order chi connectivity index (χ1) is 15.4.